The van der Waals surface area contributed by atoms with Crippen LogP contribution in [0.5, 0.6) is 0 Å². The summed E-state index contributed by atoms with van der Waals surface area (Å²) in [7, 11) is 0. The van der Waals surface area contributed by atoms with E-state index in [4.69, 9.17) is 12.2 Å². The molecule has 0 saturated carbocycles. The first-order chi connectivity index (χ1) is 6.20. The van der Waals surface area contributed by atoms with E-state index in [1.165, 1.54) is 0 Å². The van der Waals surface area contributed by atoms with Crippen molar-refractivity contribution < 1.29 is 0 Å². The van der Waals surface area contributed by atoms with Gasteiger partial charge >= 0.3 is 0 Å². The Morgan fingerprint density at radius 2 is 2.38 bits per heavy atom. The highest BCUT2D eigenvalue weighted by molar-refractivity contribution is 7.80. The largest absolute Gasteiger partial charge is 0.375 e. The summed E-state index contributed by atoms with van der Waals surface area (Å²) in [6.45, 7) is 5.21. The Kier molecular flexibility index (Phi) is 3.83. The first-order valence-corrected chi connectivity index (χ1v) is 4.79. The molecule has 0 saturated heterocycles. The zero-order valence-corrected chi connectivity index (χ0v) is 8.77. The summed E-state index contributed by atoms with van der Waals surface area (Å²) < 4.78 is 0. The molecule has 0 aliphatic carbocycles. The van der Waals surface area contributed by atoms with Crippen LogP contribution in [0.2, 0.25) is 0 Å². The molecule has 0 spiro atoms. The first-order valence-electron chi connectivity index (χ1n) is 4.38. The third-order valence-corrected chi connectivity index (χ3v) is 1.97. The summed E-state index contributed by atoms with van der Waals surface area (Å²) in [4.78, 5) is 4.78. The fourth-order valence-corrected chi connectivity index (χ4v) is 1.10. The highest BCUT2D eigenvalue weighted by Gasteiger charge is 2.00. The molecule has 3 heteroatoms. The Morgan fingerprint density at radius 1 is 1.62 bits per heavy atom. The van der Waals surface area contributed by atoms with Crippen LogP contribution in [0.3, 0.4) is 0 Å². The second-order valence-corrected chi connectivity index (χ2v) is 3.75. The van der Waals surface area contributed by atoms with E-state index in [0.717, 1.165) is 17.1 Å². The summed E-state index contributed by atoms with van der Waals surface area (Å²) in [6.07, 6.45) is 3.52. The molecule has 0 aliphatic rings. The van der Waals surface area contributed by atoms with Crippen molar-refractivity contribution in [3.05, 3.63) is 30.1 Å². The second kappa shape index (κ2) is 4.92. The zero-order chi connectivity index (χ0) is 9.68. The average Bonchev–Trinajstić information content (AvgIpc) is 2.15. The van der Waals surface area contributed by atoms with Gasteiger partial charge in [-0.3, -0.25) is 4.98 Å². The van der Waals surface area contributed by atoms with Crippen molar-refractivity contribution in [2.24, 2.45) is 5.92 Å². The summed E-state index contributed by atoms with van der Waals surface area (Å²) in [5.74, 6) is 0.606. The Hall–Kier alpha value is -0.960. The molecular weight excluding hydrogens is 180 g/mol. The minimum atomic E-state index is 0.606. The molecule has 0 atom stereocenters. The predicted octanol–water partition coefficient (Wildman–Crippen LogP) is 2.00. The Bertz CT molecular complexity index is 270. The molecule has 0 radical (unpaired) electrons. The van der Waals surface area contributed by atoms with Crippen LogP contribution in [0.1, 0.15) is 19.4 Å². The van der Waals surface area contributed by atoms with Gasteiger partial charge in [-0.25, -0.2) is 0 Å². The topological polar surface area (TPSA) is 24.9 Å². The smallest absolute Gasteiger partial charge is 0.108 e. The number of hydrogen-bond acceptors (Lipinski definition) is 2. The average molecular weight is 194 g/mol. The van der Waals surface area contributed by atoms with Crippen molar-refractivity contribution in [2.45, 2.75) is 13.8 Å². The maximum absolute atomic E-state index is 5.19. The molecule has 70 valence electrons. The van der Waals surface area contributed by atoms with Crippen LogP contribution < -0.4 is 5.32 Å². The van der Waals surface area contributed by atoms with Gasteiger partial charge in [0.1, 0.15) is 4.99 Å². The molecule has 13 heavy (non-hydrogen) atoms. The van der Waals surface area contributed by atoms with E-state index >= 15 is 0 Å². The van der Waals surface area contributed by atoms with Gasteiger partial charge in [0.2, 0.25) is 0 Å². The van der Waals surface area contributed by atoms with Gasteiger partial charge in [-0.2, -0.15) is 0 Å². The third-order valence-electron chi connectivity index (χ3n) is 1.59. The third kappa shape index (κ3) is 3.51. The zero-order valence-electron chi connectivity index (χ0n) is 7.95. The van der Waals surface area contributed by atoms with Gasteiger partial charge in [0.05, 0.1) is 0 Å². The molecule has 2 nitrogen and oxygen atoms in total. The van der Waals surface area contributed by atoms with Crippen molar-refractivity contribution in [1.29, 1.82) is 0 Å². The van der Waals surface area contributed by atoms with E-state index in [1.54, 1.807) is 12.4 Å². The molecule has 1 heterocycles. The maximum atomic E-state index is 5.19. The lowest BCUT2D eigenvalue weighted by Gasteiger charge is -2.09. The molecule has 1 aromatic rings. The van der Waals surface area contributed by atoms with E-state index < -0.39 is 0 Å². The monoisotopic (exact) mass is 194 g/mol. The number of aromatic nitrogens is 1. The summed E-state index contributed by atoms with van der Waals surface area (Å²) in [5, 5.41) is 3.19. The van der Waals surface area contributed by atoms with Crippen LogP contribution in [0.25, 0.3) is 0 Å². The quantitative estimate of drug-likeness (QED) is 0.745. The molecule has 0 aromatic carbocycles. The molecule has 1 rings (SSSR count). The molecule has 0 aliphatic heterocycles. The normalized spacial score (nSPS) is 10.1. The lowest BCUT2D eigenvalue weighted by atomic mass is 10.2. The van der Waals surface area contributed by atoms with E-state index in [-0.39, 0.29) is 0 Å². The number of nitrogens with zero attached hydrogens (tertiary/aromatic N) is 1. The maximum Gasteiger partial charge on any atom is 0.108 e. The van der Waals surface area contributed by atoms with E-state index in [1.807, 2.05) is 12.1 Å². The Morgan fingerprint density at radius 3 is 2.92 bits per heavy atom. The number of nitrogens with one attached hydrogen (secondary N) is 1. The van der Waals surface area contributed by atoms with Crippen LogP contribution in [0.4, 0.5) is 0 Å². The number of thiocarbonyl (C=S) groups is 1. The molecule has 1 N–H and O–H groups in total. The minimum Gasteiger partial charge on any atom is -0.375 e. The SMILES string of the molecule is CC(C)CNC(=S)c1cccnc1. The summed E-state index contributed by atoms with van der Waals surface area (Å²) in [5.41, 5.74) is 0.984. The van der Waals surface area contributed by atoms with Gasteiger partial charge in [-0.1, -0.05) is 26.1 Å². The standard InChI is InChI=1S/C10H14N2S/c1-8(2)6-12-10(13)9-4-3-5-11-7-9/h3-5,7-8H,6H2,1-2H3,(H,12,13). The highest BCUT2D eigenvalue weighted by Crippen LogP contribution is 1.97. The Balaban J connectivity index is 2.50. The first kappa shape index (κ1) is 10.1. The molecule has 1 aromatic heterocycles. The fourth-order valence-electron chi connectivity index (χ4n) is 0.896. The number of rotatable bonds is 3. The van der Waals surface area contributed by atoms with Crippen molar-refractivity contribution >= 4 is 17.2 Å². The fraction of sp³-hybridized carbons (Fsp3) is 0.400. The predicted molar refractivity (Wildman–Crippen MR) is 58.8 cm³/mol. The minimum absolute atomic E-state index is 0.606. The van der Waals surface area contributed by atoms with Crippen LogP contribution in [-0.2, 0) is 0 Å². The van der Waals surface area contributed by atoms with Gasteiger partial charge in [0.15, 0.2) is 0 Å². The van der Waals surface area contributed by atoms with Crippen molar-refractivity contribution in [3.8, 4) is 0 Å². The van der Waals surface area contributed by atoms with Crippen LogP contribution in [0, 0.1) is 5.92 Å². The van der Waals surface area contributed by atoms with Gasteiger partial charge in [0.25, 0.3) is 0 Å². The molecule has 0 amide bonds. The molecule has 0 bridgehead atoms. The van der Waals surface area contributed by atoms with Crippen molar-refractivity contribution in [3.63, 3.8) is 0 Å². The lowest BCUT2D eigenvalue weighted by molar-refractivity contribution is 0.627. The van der Waals surface area contributed by atoms with Crippen molar-refractivity contribution in [2.75, 3.05) is 6.54 Å². The van der Waals surface area contributed by atoms with Gasteiger partial charge < -0.3 is 5.32 Å². The number of pyridine rings is 1. The molecular formula is C10H14N2S. The molecule has 0 unspecified atom stereocenters. The van der Waals surface area contributed by atoms with Crippen LogP contribution in [0.15, 0.2) is 24.5 Å². The van der Waals surface area contributed by atoms with Gasteiger partial charge in [0, 0.05) is 24.5 Å². The van der Waals surface area contributed by atoms with Gasteiger partial charge in [-0.05, 0) is 18.1 Å². The number of hydrogen-bond donors (Lipinski definition) is 1. The van der Waals surface area contributed by atoms with Crippen molar-refractivity contribution in [1.82, 2.24) is 10.3 Å². The van der Waals surface area contributed by atoms with Crippen LogP contribution in [-0.4, -0.2) is 16.5 Å². The van der Waals surface area contributed by atoms with E-state index in [0.29, 0.717) is 5.92 Å². The molecule has 0 fully saturated rings. The van der Waals surface area contributed by atoms with E-state index in [9.17, 15) is 0 Å². The summed E-state index contributed by atoms with van der Waals surface area (Å²) >= 11 is 5.19. The van der Waals surface area contributed by atoms with E-state index in [2.05, 4.69) is 24.1 Å². The van der Waals surface area contributed by atoms with Gasteiger partial charge in [-0.15, -0.1) is 0 Å². The second-order valence-electron chi connectivity index (χ2n) is 3.35. The van der Waals surface area contributed by atoms with Crippen LogP contribution >= 0.6 is 12.2 Å². The highest BCUT2D eigenvalue weighted by atomic mass is 32.1. The summed E-state index contributed by atoms with van der Waals surface area (Å²) in [6, 6.07) is 3.85. The lowest BCUT2D eigenvalue weighted by Crippen LogP contribution is -2.26. The Labute approximate surface area is 84.4 Å².